The molecule has 1 atom stereocenters. The van der Waals surface area contributed by atoms with Gasteiger partial charge in [0.1, 0.15) is 5.82 Å². The zero-order chi connectivity index (χ0) is 14.6. The normalized spacial score (nSPS) is 13.2. The van der Waals surface area contributed by atoms with E-state index in [4.69, 9.17) is 5.73 Å². The minimum atomic E-state index is -4.67. The molecule has 0 amide bonds. The van der Waals surface area contributed by atoms with Gasteiger partial charge >= 0.3 is 12.1 Å². The number of halogens is 4. The number of nitrogens with two attached hydrogens (primary N) is 1. The molecular formula is C12H13F4NO2. The first-order valence-corrected chi connectivity index (χ1v) is 5.53. The average Bonchev–Trinajstić information content (AvgIpc) is 2.27. The largest absolute Gasteiger partial charge is 0.466 e. The van der Waals surface area contributed by atoms with Crippen LogP contribution >= 0.6 is 0 Å². The van der Waals surface area contributed by atoms with Gasteiger partial charge in [0, 0.05) is 6.04 Å². The van der Waals surface area contributed by atoms with Crippen molar-refractivity contribution in [2.75, 3.05) is 6.61 Å². The summed E-state index contributed by atoms with van der Waals surface area (Å²) in [6.45, 7) is 1.73. The molecule has 0 aliphatic rings. The standard InChI is InChI=1S/C12H13F4NO2/c1-2-19-11(18)6-10(17)7-3-8(12(14,15)16)5-9(13)4-7/h3-5,10H,2,6,17H2,1H3/t10-/m1/s1. The lowest BCUT2D eigenvalue weighted by Gasteiger charge is -2.14. The van der Waals surface area contributed by atoms with Crippen LogP contribution in [0.15, 0.2) is 18.2 Å². The molecule has 106 valence electrons. The van der Waals surface area contributed by atoms with Crippen LogP contribution in [0.5, 0.6) is 0 Å². The number of hydrogen-bond donors (Lipinski definition) is 1. The van der Waals surface area contributed by atoms with Crippen molar-refractivity contribution in [2.24, 2.45) is 5.73 Å². The third-order valence-corrected chi connectivity index (χ3v) is 2.37. The maximum absolute atomic E-state index is 13.1. The van der Waals surface area contributed by atoms with Crippen molar-refractivity contribution in [1.29, 1.82) is 0 Å². The van der Waals surface area contributed by atoms with Gasteiger partial charge < -0.3 is 10.5 Å². The molecule has 2 N–H and O–H groups in total. The molecule has 0 aliphatic heterocycles. The van der Waals surface area contributed by atoms with Crippen LogP contribution < -0.4 is 5.73 Å². The molecule has 0 aliphatic carbocycles. The number of benzene rings is 1. The predicted molar refractivity (Wildman–Crippen MR) is 59.6 cm³/mol. The molecule has 1 rings (SSSR count). The van der Waals surface area contributed by atoms with Crippen molar-refractivity contribution in [3.8, 4) is 0 Å². The van der Waals surface area contributed by atoms with Gasteiger partial charge in [-0.15, -0.1) is 0 Å². The van der Waals surface area contributed by atoms with E-state index in [1.54, 1.807) is 6.92 Å². The van der Waals surface area contributed by atoms with Crippen LogP contribution in [0.3, 0.4) is 0 Å². The maximum atomic E-state index is 13.1. The first kappa shape index (κ1) is 15.4. The molecule has 1 aromatic rings. The molecule has 3 nitrogen and oxygen atoms in total. The van der Waals surface area contributed by atoms with Crippen molar-refractivity contribution >= 4 is 5.97 Å². The van der Waals surface area contributed by atoms with Gasteiger partial charge in [-0.2, -0.15) is 13.2 Å². The monoisotopic (exact) mass is 279 g/mol. The Balaban J connectivity index is 2.94. The van der Waals surface area contributed by atoms with Gasteiger partial charge in [0.25, 0.3) is 0 Å². The molecule has 0 radical (unpaired) electrons. The number of esters is 1. The van der Waals surface area contributed by atoms with Gasteiger partial charge in [-0.05, 0) is 30.7 Å². The minimum Gasteiger partial charge on any atom is -0.466 e. The van der Waals surface area contributed by atoms with Crippen LogP contribution in [0.1, 0.15) is 30.5 Å². The highest BCUT2D eigenvalue weighted by Gasteiger charge is 2.32. The van der Waals surface area contributed by atoms with E-state index in [0.717, 1.165) is 12.1 Å². The molecular weight excluding hydrogens is 266 g/mol. The zero-order valence-corrected chi connectivity index (χ0v) is 10.1. The van der Waals surface area contributed by atoms with E-state index in [0.29, 0.717) is 6.07 Å². The van der Waals surface area contributed by atoms with Crippen LogP contribution in [0.25, 0.3) is 0 Å². The summed E-state index contributed by atoms with van der Waals surface area (Å²) in [7, 11) is 0. The fraction of sp³-hybridized carbons (Fsp3) is 0.417. The highest BCUT2D eigenvalue weighted by atomic mass is 19.4. The number of carbonyl (C=O) groups is 1. The molecule has 0 heterocycles. The van der Waals surface area contributed by atoms with Crippen molar-refractivity contribution in [2.45, 2.75) is 25.6 Å². The number of rotatable bonds is 4. The molecule has 0 bridgehead atoms. The Hall–Kier alpha value is -1.63. The third kappa shape index (κ3) is 4.51. The first-order valence-electron chi connectivity index (χ1n) is 5.53. The summed E-state index contributed by atoms with van der Waals surface area (Å²) in [5.74, 6) is -1.70. The van der Waals surface area contributed by atoms with Gasteiger partial charge in [-0.25, -0.2) is 4.39 Å². The Bertz CT molecular complexity index is 460. The quantitative estimate of drug-likeness (QED) is 0.681. The fourth-order valence-electron chi connectivity index (χ4n) is 1.51. The third-order valence-electron chi connectivity index (χ3n) is 2.37. The second-order valence-electron chi connectivity index (χ2n) is 3.89. The summed E-state index contributed by atoms with van der Waals surface area (Å²) in [6, 6.07) is 0.933. The molecule has 0 saturated heterocycles. The van der Waals surface area contributed by atoms with E-state index in [-0.39, 0.29) is 18.6 Å². The van der Waals surface area contributed by atoms with Crippen molar-refractivity contribution < 1.29 is 27.1 Å². The van der Waals surface area contributed by atoms with E-state index in [2.05, 4.69) is 4.74 Å². The Morgan fingerprint density at radius 2 is 2.00 bits per heavy atom. The van der Waals surface area contributed by atoms with Gasteiger partial charge in [-0.3, -0.25) is 4.79 Å². The predicted octanol–water partition coefficient (Wildman–Crippen LogP) is 2.80. The number of ether oxygens (including phenoxy) is 1. The fourth-order valence-corrected chi connectivity index (χ4v) is 1.51. The van der Waals surface area contributed by atoms with Gasteiger partial charge in [-0.1, -0.05) is 0 Å². The summed E-state index contributed by atoms with van der Waals surface area (Å²) in [6.07, 6.45) is -4.98. The zero-order valence-electron chi connectivity index (χ0n) is 10.1. The van der Waals surface area contributed by atoms with Crippen molar-refractivity contribution in [3.05, 3.63) is 35.1 Å². The Kier molecular flexibility index (Phi) is 4.88. The summed E-state index contributed by atoms with van der Waals surface area (Å²) >= 11 is 0. The lowest BCUT2D eigenvalue weighted by molar-refractivity contribution is -0.143. The lowest BCUT2D eigenvalue weighted by atomic mass is 10.0. The topological polar surface area (TPSA) is 52.3 Å². The lowest BCUT2D eigenvalue weighted by Crippen LogP contribution is -2.18. The Labute approximate surface area is 107 Å². The van der Waals surface area contributed by atoms with Crippen LogP contribution in [0.4, 0.5) is 17.6 Å². The minimum absolute atomic E-state index is 0.0969. The Morgan fingerprint density at radius 1 is 1.37 bits per heavy atom. The molecule has 0 fully saturated rings. The Morgan fingerprint density at radius 3 is 2.53 bits per heavy atom. The molecule has 1 aromatic carbocycles. The SMILES string of the molecule is CCOC(=O)C[C@@H](N)c1cc(F)cc(C(F)(F)F)c1. The molecule has 0 spiro atoms. The second kappa shape index (κ2) is 6.01. The molecule has 7 heteroatoms. The van der Waals surface area contributed by atoms with Gasteiger partial charge in [0.05, 0.1) is 18.6 Å². The maximum Gasteiger partial charge on any atom is 0.416 e. The van der Waals surface area contributed by atoms with Crippen LogP contribution in [-0.4, -0.2) is 12.6 Å². The first-order chi connectivity index (χ1) is 8.74. The number of hydrogen-bond acceptors (Lipinski definition) is 3. The second-order valence-corrected chi connectivity index (χ2v) is 3.89. The summed E-state index contributed by atoms with van der Waals surface area (Å²) in [5.41, 5.74) is 4.34. The summed E-state index contributed by atoms with van der Waals surface area (Å²) in [5, 5.41) is 0. The highest BCUT2D eigenvalue weighted by Crippen LogP contribution is 2.31. The summed E-state index contributed by atoms with van der Waals surface area (Å²) < 4.78 is 55.2. The van der Waals surface area contributed by atoms with E-state index in [1.807, 2.05) is 0 Å². The molecule has 0 saturated carbocycles. The number of carbonyl (C=O) groups excluding carboxylic acids is 1. The average molecular weight is 279 g/mol. The van der Waals surface area contributed by atoms with Crippen LogP contribution in [0.2, 0.25) is 0 Å². The van der Waals surface area contributed by atoms with E-state index >= 15 is 0 Å². The van der Waals surface area contributed by atoms with Crippen LogP contribution in [-0.2, 0) is 15.7 Å². The molecule has 0 unspecified atom stereocenters. The van der Waals surface area contributed by atoms with E-state index in [1.165, 1.54) is 0 Å². The van der Waals surface area contributed by atoms with Gasteiger partial charge in [0.15, 0.2) is 0 Å². The smallest absolute Gasteiger partial charge is 0.416 e. The van der Waals surface area contributed by atoms with Crippen molar-refractivity contribution in [1.82, 2.24) is 0 Å². The van der Waals surface area contributed by atoms with E-state index < -0.39 is 29.6 Å². The highest BCUT2D eigenvalue weighted by molar-refractivity contribution is 5.70. The number of alkyl halides is 3. The van der Waals surface area contributed by atoms with Crippen molar-refractivity contribution in [3.63, 3.8) is 0 Å². The van der Waals surface area contributed by atoms with E-state index in [9.17, 15) is 22.4 Å². The molecule has 0 aromatic heterocycles. The summed E-state index contributed by atoms with van der Waals surface area (Å²) in [4.78, 5) is 11.2. The molecule has 19 heavy (non-hydrogen) atoms. The van der Waals surface area contributed by atoms with Crippen LogP contribution in [0, 0.1) is 5.82 Å². The van der Waals surface area contributed by atoms with Gasteiger partial charge in [0.2, 0.25) is 0 Å².